The van der Waals surface area contributed by atoms with Crippen LogP contribution in [0.2, 0.25) is 5.15 Å². The largest absolute Gasteiger partial charge is 0.406 e. The Morgan fingerprint density at radius 3 is 2.64 bits per heavy atom. The average molecular weight is 339 g/mol. The highest BCUT2D eigenvalue weighted by molar-refractivity contribution is 6.29. The van der Waals surface area contributed by atoms with Gasteiger partial charge in [0.25, 0.3) is 0 Å². The van der Waals surface area contributed by atoms with Gasteiger partial charge in [0, 0.05) is 32.0 Å². The molecule has 1 saturated heterocycles. The molecule has 0 aromatic carbocycles. The first-order chi connectivity index (χ1) is 10.2. The van der Waals surface area contributed by atoms with Crippen molar-refractivity contribution >= 4 is 17.5 Å². The van der Waals surface area contributed by atoms with Crippen molar-refractivity contribution in [1.82, 2.24) is 19.4 Å². The van der Waals surface area contributed by atoms with Gasteiger partial charge < -0.3 is 14.4 Å². The second-order valence-electron chi connectivity index (χ2n) is 5.61. The van der Waals surface area contributed by atoms with E-state index in [1.54, 1.807) is 4.90 Å². The number of imidazole rings is 1. The van der Waals surface area contributed by atoms with E-state index in [0.717, 1.165) is 4.57 Å². The molecule has 9 heteroatoms. The number of aromatic nitrogens is 2. The summed E-state index contributed by atoms with van der Waals surface area (Å²) in [6.07, 6.45) is -2.92. The number of carbonyl (C=O) groups is 1. The smallest absolute Gasteiger partial charge is 0.339 e. The molecule has 0 saturated carbocycles. The summed E-state index contributed by atoms with van der Waals surface area (Å²) in [5.74, 6) is 0.108. The highest BCUT2D eigenvalue weighted by atomic mass is 35.5. The van der Waals surface area contributed by atoms with E-state index in [4.69, 9.17) is 11.6 Å². The maximum absolute atomic E-state index is 12.5. The zero-order chi connectivity index (χ0) is 16.5. The number of halogens is 4. The van der Waals surface area contributed by atoms with Crippen LogP contribution in [0.25, 0.3) is 0 Å². The van der Waals surface area contributed by atoms with Gasteiger partial charge in [-0.05, 0) is 14.1 Å². The standard InChI is InChI=1S/C13H18ClF3N4O/c1-19(2)9-6-20(7-9)12(22)4-3-11-18-5-10(14)21(11)8-13(15,16)17/h5,9H,3-4,6-8H2,1-2H3. The Morgan fingerprint density at radius 2 is 2.09 bits per heavy atom. The summed E-state index contributed by atoms with van der Waals surface area (Å²) in [6, 6.07) is 0.352. The van der Waals surface area contributed by atoms with E-state index in [9.17, 15) is 18.0 Å². The SMILES string of the molecule is CN(C)C1CN(C(=O)CCc2ncc(Cl)n2CC(F)(F)F)C1. The fraction of sp³-hybridized carbons (Fsp3) is 0.692. The van der Waals surface area contributed by atoms with Crippen molar-refractivity contribution in [2.75, 3.05) is 27.2 Å². The van der Waals surface area contributed by atoms with E-state index in [-0.39, 0.29) is 29.7 Å². The minimum absolute atomic E-state index is 0.0728. The highest BCUT2D eigenvalue weighted by Gasteiger charge is 2.32. The molecule has 2 rings (SSSR count). The zero-order valence-electron chi connectivity index (χ0n) is 12.4. The van der Waals surface area contributed by atoms with Gasteiger partial charge in [0.15, 0.2) is 0 Å². The van der Waals surface area contributed by atoms with E-state index in [1.807, 2.05) is 19.0 Å². The average Bonchev–Trinajstić information content (AvgIpc) is 2.64. The molecule has 22 heavy (non-hydrogen) atoms. The van der Waals surface area contributed by atoms with Gasteiger partial charge in [-0.1, -0.05) is 11.6 Å². The molecule has 0 bridgehead atoms. The molecular weight excluding hydrogens is 321 g/mol. The highest BCUT2D eigenvalue weighted by Crippen LogP contribution is 2.23. The van der Waals surface area contributed by atoms with Crippen LogP contribution in [0.15, 0.2) is 6.20 Å². The number of likely N-dealkylation sites (tertiary alicyclic amines) is 1. The maximum atomic E-state index is 12.5. The van der Waals surface area contributed by atoms with Crippen LogP contribution in [0.5, 0.6) is 0 Å². The first-order valence-electron chi connectivity index (χ1n) is 6.88. The van der Waals surface area contributed by atoms with Crippen LogP contribution in [-0.2, 0) is 17.8 Å². The van der Waals surface area contributed by atoms with Gasteiger partial charge in [0.2, 0.25) is 5.91 Å². The third-order valence-corrected chi connectivity index (χ3v) is 4.04. The van der Waals surface area contributed by atoms with E-state index in [1.165, 1.54) is 6.20 Å². The summed E-state index contributed by atoms with van der Waals surface area (Å²) in [5.41, 5.74) is 0. The van der Waals surface area contributed by atoms with E-state index in [0.29, 0.717) is 19.1 Å². The molecule has 1 aromatic heterocycles. The minimum Gasteiger partial charge on any atom is -0.339 e. The number of likely N-dealkylation sites (N-methyl/N-ethyl adjacent to an activating group) is 1. The number of carbonyl (C=O) groups excluding carboxylic acids is 1. The number of alkyl halides is 3. The number of rotatable bonds is 5. The maximum Gasteiger partial charge on any atom is 0.406 e. The topological polar surface area (TPSA) is 41.4 Å². The molecule has 2 heterocycles. The Morgan fingerprint density at radius 1 is 1.45 bits per heavy atom. The van der Waals surface area contributed by atoms with Crippen molar-refractivity contribution in [3.63, 3.8) is 0 Å². The molecule has 1 amide bonds. The predicted molar refractivity (Wildman–Crippen MR) is 75.7 cm³/mol. The lowest BCUT2D eigenvalue weighted by atomic mass is 10.1. The first kappa shape index (κ1) is 17.1. The van der Waals surface area contributed by atoms with Crippen molar-refractivity contribution in [2.24, 2.45) is 0 Å². The molecule has 1 aliphatic heterocycles. The fourth-order valence-corrected chi connectivity index (χ4v) is 2.50. The zero-order valence-corrected chi connectivity index (χ0v) is 13.2. The number of hydrogen-bond acceptors (Lipinski definition) is 3. The summed E-state index contributed by atoms with van der Waals surface area (Å²) in [7, 11) is 3.89. The molecule has 1 aliphatic rings. The van der Waals surface area contributed by atoms with E-state index < -0.39 is 12.7 Å². The molecule has 1 fully saturated rings. The van der Waals surface area contributed by atoms with Gasteiger partial charge in [-0.25, -0.2) is 4.98 Å². The number of nitrogens with zero attached hydrogens (tertiary/aromatic N) is 4. The quantitative estimate of drug-likeness (QED) is 0.822. The Bertz CT molecular complexity index is 538. The van der Waals surface area contributed by atoms with Gasteiger partial charge in [0.1, 0.15) is 17.5 Å². The van der Waals surface area contributed by atoms with Crippen molar-refractivity contribution in [3.8, 4) is 0 Å². The summed E-state index contributed by atoms with van der Waals surface area (Å²) < 4.78 is 38.4. The van der Waals surface area contributed by atoms with Crippen LogP contribution < -0.4 is 0 Å². The second-order valence-corrected chi connectivity index (χ2v) is 6.00. The van der Waals surface area contributed by atoms with Crippen molar-refractivity contribution in [2.45, 2.75) is 31.6 Å². The van der Waals surface area contributed by atoms with Crippen LogP contribution >= 0.6 is 11.6 Å². The summed E-state index contributed by atoms with van der Waals surface area (Å²) in [6.45, 7) is 0.120. The van der Waals surface area contributed by atoms with Crippen molar-refractivity contribution in [3.05, 3.63) is 17.2 Å². The molecule has 0 radical (unpaired) electrons. The van der Waals surface area contributed by atoms with Crippen molar-refractivity contribution < 1.29 is 18.0 Å². The Labute approximate surface area is 131 Å². The molecular formula is C13H18ClF3N4O. The molecule has 1 aromatic rings. The van der Waals surface area contributed by atoms with Gasteiger partial charge in [-0.2, -0.15) is 13.2 Å². The van der Waals surface area contributed by atoms with Crippen LogP contribution in [-0.4, -0.2) is 64.7 Å². The molecule has 0 atom stereocenters. The van der Waals surface area contributed by atoms with Crippen LogP contribution in [0.1, 0.15) is 12.2 Å². The van der Waals surface area contributed by atoms with E-state index >= 15 is 0 Å². The molecule has 124 valence electrons. The normalized spacial score (nSPS) is 16.2. The lowest BCUT2D eigenvalue weighted by Crippen LogP contribution is -2.59. The summed E-state index contributed by atoms with van der Waals surface area (Å²) >= 11 is 5.72. The number of aryl methyl sites for hydroxylation is 1. The Balaban J connectivity index is 1.89. The fourth-order valence-electron chi connectivity index (χ4n) is 2.30. The number of hydrogen-bond donors (Lipinski definition) is 0. The van der Waals surface area contributed by atoms with Crippen LogP contribution in [0.4, 0.5) is 13.2 Å². The Hall–Kier alpha value is -1.28. The van der Waals surface area contributed by atoms with Crippen LogP contribution in [0.3, 0.4) is 0 Å². The molecule has 0 N–H and O–H groups in total. The molecule has 0 aliphatic carbocycles. The lowest BCUT2D eigenvalue weighted by Gasteiger charge is -2.42. The first-order valence-corrected chi connectivity index (χ1v) is 7.26. The monoisotopic (exact) mass is 338 g/mol. The molecule has 0 spiro atoms. The summed E-state index contributed by atoms with van der Waals surface area (Å²) in [5, 5.41) is -0.0728. The number of amides is 1. The van der Waals surface area contributed by atoms with Crippen molar-refractivity contribution in [1.29, 1.82) is 0 Å². The Kier molecular flexibility index (Phi) is 5.01. The van der Waals surface area contributed by atoms with Gasteiger partial charge in [0.05, 0.1) is 6.20 Å². The third kappa shape index (κ3) is 4.13. The van der Waals surface area contributed by atoms with Gasteiger partial charge in [-0.15, -0.1) is 0 Å². The predicted octanol–water partition coefficient (Wildman–Crippen LogP) is 1.80. The van der Waals surface area contributed by atoms with Crippen LogP contribution in [0, 0.1) is 0 Å². The van der Waals surface area contributed by atoms with E-state index in [2.05, 4.69) is 4.98 Å². The second kappa shape index (κ2) is 6.45. The minimum atomic E-state index is -4.38. The summed E-state index contributed by atoms with van der Waals surface area (Å²) in [4.78, 5) is 19.6. The molecule has 5 nitrogen and oxygen atoms in total. The molecule has 0 unspecified atom stereocenters. The van der Waals surface area contributed by atoms with Gasteiger partial charge >= 0.3 is 6.18 Å². The van der Waals surface area contributed by atoms with Gasteiger partial charge in [-0.3, -0.25) is 4.79 Å². The third-order valence-electron chi connectivity index (χ3n) is 3.73. The lowest BCUT2D eigenvalue weighted by molar-refractivity contribution is -0.141.